The topological polar surface area (TPSA) is 26.3 Å². The molecule has 0 aliphatic heterocycles. The van der Waals surface area contributed by atoms with Crippen LogP contribution in [0.4, 0.5) is 0 Å². The second-order valence-electron chi connectivity index (χ2n) is 13.2. The molecule has 2 heterocycles. The molecule has 0 saturated carbocycles. The summed E-state index contributed by atoms with van der Waals surface area (Å²) in [5.74, 6) is 0. The average molecular weight is 637 g/mol. The van der Waals surface area contributed by atoms with Crippen molar-refractivity contribution in [3.8, 4) is 33.4 Å². The second-order valence-corrected chi connectivity index (χ2v) is 13.2. The van der Waals surface area contributed by atoms with E-state index in [0.29, 0.717) is 0 Å². The largest absolute Gasteiger partial charge is 0.456 e. The summed E-state index contributed by atoms with van der Waals surface area (Å²) in [5.41, 5.74) is 10.6. The van der Waals surface area contributed by atoms with E-state index in [4.69, 9.17) is 8.83 Å². The lowest BCUT2D eigenvalue weighted by Crippen LogP contribution is -1.90. The van der Waals surface area contributed by atoms with Crippen molar-refractivity contribution in [3.63, 3.8) is 0 Å². The van der Waals surface area contributed by atoms with Crippen LogP contribution >= 0.6 is 0 Å². The van der Waals surface area contributed by atoms with Crippen molar-refractivity contribution in [1.29, 1.82) is 0 Å². The van der Waals surface area contributed by atoms with Crippen LogP contribution in [0.2, 0.25) is 0 Å². The van der Waals surface area contributed by atoms with Gasteiger partial charge >= 0.3 is 0 Å². The minimum absolute atomic E-state index is 0.862. The first-order chi connectivity index (χ1) is 24.8. The van der Waals surface area contributed by atoms with Gasteiger partial charge in [0, 0.05) is 27.1 Å². The van der Waals surface area contributed by atoms with Crippen LogP contribution in [-0.2, 0) is 0 Å². The summed E-state index contributed by atoms with van der Waals surface area (Å²) in [6.07, 6.45) is 0. The average Bonchev–Trinajstić information content (AvgIpc) is 3.73. The first kappa shape index (κ1) is 27.3. The Kier molecular flexibility index (Phi) is 5.70. The molecule has 2 aromatic heterocycles. The number of furan rings is 2. The molecule has 0 aliphatic carbocycles. The quantitative estimate of drug-likeness (QED) is 0.180. The third kappa shape index (κ3) is 3.90. The van der Waals surface area contributed by atoms with E-state index in [0.717, 1.165) is 66.0 Å². The molecular weight excluding hydrogens is 609 g/mol. The van der Waals surface area contributed by atoms with E-state index < -0.39 is 0 Å². The summed E-state index contributed by atoms with van der Waals surface area (Å²) in [6, 6.07) is 60.7. The fraction of sp³-hybridized carbons (Fsp3) is 0. The lowest BCUT2D eigenvalue weighted by atomic mass is 9.86. The molecule has 11 rings (SSSR count). The molecule has 2 nitrogen and oxygen atoms in total. The van der Waals surface area contributed by atoms with Gasteiger partial charge in [-0.05, 0) is 96.5 Å². The Balaban J connectivity index is 1.14. The van der Waals surface area contributed by atoms with Crippen LogP contribution in [0.25, 0.3) is 110 Å². The normalized spacial score (nSPS) is 12.0. The third-order valence-electron chi connectivity index (χ3n) is 10.4. The monoisotopic (exact) mass is 636 g/mol. The Bertz CT molecular complexity index is 3080. The fourth-order valence-corrected chi connectivity index (χ4v) is 8.25. The van der Waals surface area contributed by atoms with E-state index in [1.807, 2.05) is 12.1 Å². The van der Waals surface area contributed by atoms with Crippen LogP contribution in [-0.4, -0.2) is 0 Å². The van der Waals surface area contributed by atoms with Gasteiger partial charge in [-0.25, -0.2) is 0 Å². The van der Waals surface area contributed by atoms with E-state index in [-0.39, 0.29) is 0 Å². The zero-order valence-electron chi connectivity index (χ0n) is 27.0. The Labute approximate surface area is 287 Å². The van der Waals surface area contributed by atoms with E-state index in [2.05, 4.69) is 158 Å². The molecule has 2 heteroatoms. The van der Waals surface area contributed by atoms with Gasteiger partial charge in [-0.1, -0.05) is 133 Å². The molecule has 0 unspecified atom stereocenters. The summed E-state index contributed by atoms with van der Waals surface area (Å²) in [5, 5.41) is 11.8. The molecule has 232 valence electrons. The lowest BCUT2D eigenvalue weighted by molar-refractivity contribution is 0.668. The van der Waals surface area contributed by atoms with Crippen molar-refractivity contribution < 1.29 is 8.83 Å². The number of hydrogen-bond acceptors (Lipinski definition) is 2. The van der Waals surface area contributed by atoms with Crippen molar-refractivity contribution in [1.82, 2.24) is 0 Å². The van der Waals surface area contributed by atoms with E-state index >= 15 is 0 Å². The molecule has 0 spiro atoms. The van der Waals surface area contributed by atoms with Gasteiger partial charge in [0.05, 0.1) is 0 Å². The highest BCUT2D eigenvalue weighted by molar-refractivity contribution is 6.22. The minimum atomic E-state index is 0.862. The van der Waals surface area contributed by atoms with Crippen LogP contribution in [0.1, 0.15) is 0 Å². The van der Waals surface area contributed by atoms with Gasteiger partial charge in [0.15, 0.2) is 0 Å². The van der Waals surface area contributed by atoms with Crippen molar-refractivity contribution in [3.05, 3.63) is 170 Å². The molecule has 0 bridgehead atoms. The SMILES string of the molecule is c1ccc(-c2c3ccccc3c(-c3ccc4c(c3)oc3cc(-c5c6ccccc6cc6c5oc5ccccc56)ccc34)c3ccccc23)cc1. The van der Waals surface area contributed by atoms with Crippen LogP contribution in [0.5, 0.6) is 0 Å². The molecule has 11 aromatic rings. The lowest BCUT2D eigenvalue weighted by Gasteiger charge is -2.17. The van der Waals surface area contributed by atoms with Gasteiger partial charge in [-0.15, -0.1) is 0 Å². The highest BCUT2D eigenvalue weighted by atomic mass is 16.3. The Morgan fingerprint density at radius 3 is 1.38 bits per heavy atom. The van der Waals surface area contributed by atoms with Gasteiger partial charge in [0.1, 0.15) is 22.3 Å². The van der Waals surface area contributed by atoms with Crippen LogP contribution < -0.4 is 0 Å². The van der Waals surface area contributed by atoms with Crippen LogP contribution in [0, 0.1) is 0 Å². The number of para-hydroxylation sites is 1. The Morgan fingerprint density at radius 1 is 0.260 bits per heavy atom. The van der Waals surface area contributed by atoms with E-state index in [9.17, 15) is 0 Å². The smallest absolute Gasteiger partial charge is 0.143 e. The maximum Gasteiger partial charge on any atom is 0.143 e. The predicted molar refractivity (Wildman–Crippen MR) is 210 cm³/mol. The van der Waals surface area contributed by atoms with Gasteiger partial charge in [-0.3, -0.25) is 0 Å². The molecule has 0 fully saturated rings. The zero-order valence-corrected chi connectivity index (χ0v) is 27.0. The first-order valence-electron chi connectivity index (χ1n) is 17.1. The van der Waals surface area contributed by atoms with E-state index in [1.165, 1.54) is 43.6 Å². The molecule has 0 N–H and O–H groups in total. The number of hydrogen-bond donors (Lipinski definition) is 0. The van der Waals surface area contributed by atoms with Gasteiger partial charge in [-0.2, -0.15) is 0 Å². The minimum Gasteiger partial charge on any atom is -0.456 e. The molecule has 0 radical (unpaired) electrons. The van der Waals surface area contributed by atoms with Gasteiger partial charge < -0.3 is 8.83 Å². The molecule has 9 aromatic carbocycles. The molecular formula is C48H28O2. The Morgan fingerprint density at radius 2 is 0.740 bits per heavy atom. The summed E-state index contributed by atoms with van der Waals surface area (Å²) in [4.78, 5) is 0. The van der Waals surface area contributed by atoms with Crippen LogP contribution in [0.3, 0.4) is 0 Å². The Hall–Kier alpha value is -6.64. The molecule has 0 saturated heterocycles. The van der Waals surface area contributed by atoms with Crippen molar-refractivity contribution in [2.75, 3.05) is 0 Å². The summed E-state index contributed by atoms with van der Waals surface area (Å²) >= 11 is 0. The maximum absolute atomic E-state index is 6.75. The molecule has 0 atom stereocenters. The number of fused-ring (bicyclic) bond motifs is 9. The predicted octanol–water partition coefficient (Wildman–Crippen LogP) is 13.9. The zero-order chi connectivity index (χ0) is 32.8. The van der Waals surface area contributed by atoms with Crippen molar-refractivity contribution >= 4 is 76.2 Å². The fourth-order valence-electron chi connectivity index (χ4n) is 8.25. The maximum atomic E-state index is 6.75. The highest BCUT2D eigenvalue weighted by Crippen LogP contribution is 2.46. The summed E-state index contributed by atoms with van der Waals surface area (Å²) in [6.45, 7) is 0. The van der Waals surface area contributed by atoms with Crippen LogP contribution in [0.15, 0.2) is 179 Å². The second kappa shape index (κ2) is 10.4. The van der Waals surface area contributed by atoms with E-state index in [1.54, 1.807) is 0 Å². The van der Waals surface area contributed by atoms with Gasteiger partial charge in [0.2, 0.25) is 0 Å². The summed E-state index contributed by atoms with van der Waals surface area (Å²) < 4.78 is 13.3. The van der Waals surface area contributed by atoms with Gasteiger partial charge in [0.25, 0.3) is 0 Å². The number of benzene rings is 9. The molecule has 0 amide bonds. The first-order valence-corrected chi connectivity index (χ1v) is 17.1. The van der Waals surface area contributed by atoms with Crippen molar-refractivity contribution in [2.45, 2.75) is 0 Å². The van der Waals surface area contributed by atoms with Crippen molar-refractivity contribution in [2.24, 2.45) is 0 Å². The summed E-state index contributed by atoms with van der Waals surface area (Å²) in [7, 11) is 0. The number of rotatable bonds is 3. The highest BCUT2D eigenvalue weighted by Gasteiger charge is 2.20. The third-order valence-corrected chi connectivity index (χ3v) is 10.4. The molecule has 50 heavy (non-hydrogen) atoms. The standard InChI is InChI=1S/C48H28O2/c1-2-12-29(13-3-1)45-37-17-6-8-19-39(37)46(40-20-9-7-18-38(40)45)31-22-24-35-36-25-23-32(28-44(36)49-43(35)27-31)47-33-15-5-4-14-30(33)26-41-34-16-10-11-21-42(34)50-48(41)47/h1-28H. The molecule has 0 aliphatic rings.